The second-order valence-electron chi connectivity index (χ2n) is 7.15. The van der Waals surface area contributed by atoms with Crippen molar-refractivity contribution in [2.45, 2.75) is 49.8 Å². The Morgan fingerprint density at radius 1 is 1.28 bits per heavy atom. The van der Waals surface area contributed by atoms with Gasteiger partial charge in [-0.2, -0.15) is 5.01 Å². The molecular weight excluding hydrogens is 392 g/mol. The van der Waals surface area contributed by atoms with E-state index in [1.54, 1.807) is 12.1 Å². The molecule has 2 fully saturated rings. The minimum atomic E-state index is -1.18. The van der Waals surface area contributed by atoms with Crippen LogP contribution in [0.3, 0.4) is 0 Å². The van der Waals surface area contributed by atoms with Gasteiger partial charge in [-0.05, 0) is 31.7 Å². The highest BCUT2D eigenvalue weighted by Crippen LogP contribution is 2.38. The Morgan fingerprint density at radius 2 is 2.00 bits per heavy atom. The van der Waals surface area contributed by atoms with Crippen molar-refractivity contribution in [1.29, 1.82) is 0 Å². The van der Waals surface area contributed by atoms with E-state index in [4.69, 9.17) is 0 Å². The van der Waals surface area contributed by atoms with Gasteiger partial charge in [0.05, 0.1) is 5.75 Å². The maximum absolute atomic E-state index is 13.0. The number of hydrazine groups is 1. The van der Waals surface area contributed by atoms with Crippen molar-refractivity contribution in [1.82, 2.24) is 30.5 Å². The van der Waals surface area contributed by atoms with Crippen LogP contribution < -0.4 is 10.7 Å². The lowest BCUT2D eigenvalue weighted by Crippen LogP contribution is -2.49. The number of carbonyl (C=O) groups excluding carboxylic acids is 3. The number of aromatic nitrogens is 3. The summed E-state index contributed by atoms with van der Waals surface area (Å²) in [6.07, 6.45) is 2.53. The maximum Gasteiger partial charge on any atom is 0.344 e. The van der Waals surface area contributed by atoms with Gasteiger partial charge in [0.15, 0.2) is 5.16 Å². The largest absolute Gasteiger partial charge is 0.344 e. The van der Waals surface area contributed by atoms with Crippen molar-refractivity contribution in [3.63, 3.8) is 0 Å². The molecule has 10 heteroatoms. The molecule has 9 nitrogen and oxygen atoms in total. The number of benzene rings is 1. The fourth-order valence-electron chi connectivity index (χ4n) is 3.53. The predicted octanol–water partition coefficient (Wildman–Crippen LogP) is 1.90. The maximum atomic E-state index is 13.0. The fourth-order valence-corrected chi connectivity index (χ4v) is 4.37. The number of aryl methyl sites for hydroxylation is 1. The summed E-state index contributed by atoms with van der Waals surface area (Å²) >= 11 is 1.24. The molecule has 2 aromatic rings. The van der Waals surface area contributed by atoms with E-state index in [2.05, 4.69) is 20.9 Å². The Balaban J connectivity index is 1.43. The average molecular weight is 414 g/mol. The molecule has 0 spiro atoms. The van der Waals surface area contributed by atoms with E-state index in [1.807, 2.05) is 36.6 Å². The third-order valence-corrected chi connectivity index (χ3v) is 6.15. The molecule has 1 saturated heterocycles. The van der Waals surface area contributed by atoms with E-state index < -0.39 is 23.4 Å². The number of thioether (sulfide) groups is 1. The van der Waals surface area contributed by atoms with E-state index in [-0.39, 0.29) is 5.75 Å². The Bertz CT molecular complexity index is 958. The number of nitrogens with one attached hydrogen (secondary N) is 2. The normalized spacial score (nSPS) is 21.4. The molecule has 2 heterocycles. The lowest BCUT2D eigenvalue weighted by Gasteiger charge is -2.25. The van der Waals surface area contributed by atoms with E-state index in [1.165, 1.54) is 11.8 Å². The summed E-state index contributed by atoms with van der Waals surface area (Å²) in [7, 11) is 0. The zero-order chi connectivity index (χ0) is 20.6. The van der Waals surface area contributed by atoms with Crippen molar-refractivity contribution in [2.75, 3.05) is 5.75 Å². The lowest BCUT2D eigenvalue weighted by molar-refractivity contribution is -0.138. The van der Waals surface area contributed by atoms with Crippen molar-refractivity contribution in [2.24, 2.45) is 0 Å². The fraction of sp³-hybridized carbons (Fsp3) is 0.421. The molecule has 1 atom stereocenters. The van der Waals surface area contributed by atoms with Crippen molar-refractivity contribution >= 4 is 29.6 Å². The summed E-state index contributed by atoms with van der Waals surface area (Å²) in [5.74, 6) is -0.111. The number of carbonyl (C=O) groups is 3. The number of imide groups is 1. The molecule has 2 aliphatic rings. The van der Waals surface area contributed by atoms with Gasteiger partial charge in [-0.3, -0.25) is 15.0 Å². The molecule has 29 heavy (non-hydrogen) atoms. The van der Waals surface area contributed by atoms with Crippen LogP contribution in [0.15, 0.2) is 35.5 Å². The van der Waals surface area contributed by atoms with E-state index in [0.29, 0.717) is 23.2 Å². The van der Waals surface area contributed by atoms with Crippen molar-refractivity contribution in [3.8, 4) is 0 Å². The second-order valence-corrected chi connectivity index (χ2v) is 8.09. The summed E-state index contributed by atoms with van der Waals surface area (Å²) in [5, 5.41) is 12.4. The van der Waals surface area contributed by atoms with Gasteiger partial charge in [0.25, 0.3) is 5.91 Å². The van der Waals surface area contributed by atoms with Gasteiger partial charge in [-0.25, -0.2) is 4.79 Å². The number of urea groups is 1. The molecule has 1 aromatic heterocycles. The first-order chi connectivity index (χ1) is 14.0. The van der Waals surface area contributed by atoms with E-state index in [9.17, 15) is 14.4 Å². The van der Waals surface area contributed by atoms with Gasteiger partial charge in [0.1, 0.15) is 11.4 Å². The SMILES string of the molecule is CCC1(c2ccccc2)NC(=O)N(NC(=O)CSc2nnc(C)n2C2CC2)C1=O. The Morgan fingerprint density at radius 3 is 2.66 bits per heavy atom. The first-order valence-corrected chi connectivity index (χ1v) is 10.5. The van der Waals surface area contributed by atoms with Crippen molar-refractivity contribution < 1.29 is 14.4 Å². The van der Waals surface area contributed by atoms with Crippen LogP contribution >= 0.6 is 11.8 Å². The van der Waals surface area contributed by atoms with Gasteiger partial charge in [0, 0.05) is 6.04 Å². The monoisotopic (exact) mass is 414 g/mol. The standard InChI is InChI=1S/C19H22N6O3S/c1-3-19(13-7-5-4-6-8-13)16(27)25(17(28)20-19)23-15(26)11-29-18-22-21-12(2)24(18)14-9-10-14/h4-8,14H,3,9-11H2,1-2H3,(H,20,28)(H,23,26). The molecule has 1 aliphatic carbocycles. The zero-order valence-corrected chi connectivity index (χ0v) is 17.0. The van der Waals surface area contributed by atoms with Crippen LogP contribution in [0, 0.1) is 6.92 Å². The molecule has 1 unspecified atom stereocenters. The molecule has 4 amide bonds. The molecule has 1 aliphatic heterocycles. The molecular formula is C19H22N6O3S. The first-order valence-electron chi connectivity index (χ1n) is 9.52. The van der Waals surface area contributed by atoms with Gasteiger partial charge < -0.3 is 9.88 Å². The van der Waals surface area contributed by atoms with Gasteiger partial charge in [0.2, 0.25) is 5.91 Å². The smallest absolute Gasteiger partial charge is 0.318 e. The summed E-state index contributed by atoms with van der Waals surface area (Å²) in [5.41, 5.74) is 1.94. The van der Waals surface area contributed by atoms with Gasteiger partial charge in [-0.1, -0.05) is 49.0 Å². The summed E-state index contributed by atoms with van der Waals surface area (Å²) in [6, 6.07) is 8.79. The van der Waals surface area contributed by atoms with Crippen LogP contribution in [0.4, 0.5) is 4.79 Å². The number of nitrogens with zero attached hydrogens (tertiary/aromatic N) is 4. The van der Waals surface area contributed by atoms with Crippen LogP contribution in [-0.2, 0) is 15.1 Å². The minimum Gasteiger partial charge on any atom is -0.318 e. The summed E-state index contributed by atoms with van der Waals surface area (Å²) in [4.78, 5) is 37.9. The molecule has 2 N–H and O–H groups in total. The summed E-state index contributed by atoms with van der Waals surface area (Å²) < 4.78 is 2.03. The Kier molecular flexibility index (Phi) is 5.03. The molecule has 1 saturated carbocycles. The number of amides is 4. The highest BCUT2D eigenvalue weighted by atomic mass is 32.2. The molecule has 0 radical (unpaired) electrons. The van der Waals surface area contributed by atoms with Crippen LogP contribution in [0.5, 0.6) is 0 Å². The zero-order valence-electron chi connectivity index (χ0n) is 16.2. The van der Waals surface area contributed by atoms with Gasteiger partial charge in [-0.15, -0.1) is 10.2 Å². The molecule has 152 valence electrons. The molecule has 0 bridgehead atoms. The Hall–Kier alpha value is -2.88. The van der Waals surface area contributed by atoms with Crippen LogP contribution in [0.1, 0.15) is 43.6 Å². The molecule has 1 aromatic carbocycles. The van der Waals surface area contributed by atoms with Crippen LogP contribution in [0.25, 0.3) is 0 Å². The van der Waals surface area contributed by atoms with Crippen LogP contribution in [0.2, 0.25) is 0 Å². The number of rotatable bonds is 7. The first kappa shape index (κ1) is 19.4. The third kappa shape index (κ3) is 3.48. The average Bonchev–Trinajstić information content (AvgIpc) is 3.45. The topological polar surface area (TPSA) is 109 Å². The second kappa shape index (κ2) is 7.51. The minimum absolute atomic E-state index is 0.0202. The van der Waals surface area contributed by atoms with E-state index >= 15 is 0 Å². The lowest BCUT2D eigenvalue weighted by atomic mass is 9.87. The van der Waals surface area contributed by atoms with E-state index in [0.717, 1.165) is 23.7 Å². The summed E-state index contributed by atoms with van der Waals surface area (Å²) in [6.45, 7) is 3.70. The van der Waals surface area contributed by atoms with Gasteiger partial charge >= 0.3 is 6.03 Å². The van der Waals surface area contributed by atoms with Crippen molar-refractivity contribution in [3.05, 3.63) is 41.7 Å². The Labute approximate surface area is 172 Å². The highest BCUT2D eigenvalue weighted by Gasteiger charge is 2.52. The number of hydrogen-bond donors (Lipinski definition) is 2. The highest BCUT2D eigenvalue weighted by molar-refractivity contribution is 7.99. The third-order valence-electron chi connectivity index (χ3n) is 5.20. The molecule has 4 rings (SSSR count). The predicted molar refractivity (Wildman–Crippen MR) is 106 cm³/mol. The van der Waals surface area contributed by atoms with Crippen LogP contribution in [-0.4, -0.2) is 43.4 Å². The number of hydrogen-bond acceptors (Lipinski definition) is 6. The quantitative estimate of drug-likeness (QED) is 0.529.